The van der Waals surface area contributed by atoms with Crippen LogP contribution in [0.15, 0.2) is 17.0 Å². The maximum Gasteiger partial charge on any atom is 0.332 e. The predicted octanol–water partition coefficient (Wildman–Crippen LogP) is 2.29. The van der Waals surface area contributed by atoms with Crippen LogP contribution in [0.25, 0.3) is 0 Å². The summed E-state index contributed by atoms with van der Waals surface area (Å²) in [5.74, 6) is -0.612. The van der Waals surface area contributed by atoms with E-state index in [1.54, 1.807) is 34.6 Å². The Labute approximate surface area is 150 Å². The fraction of sp³-hybridized carbons (Fsp3) is 0.611. The number of carbonyl (C=O) groups excluding carboxylic acids is 1. The van der Waals surface area contributed by atoms with E-state index >= 15 is 0 Å². The predicted molar refractivity (Wildman–Crippen MR) is 97.4 cm³/mol. The van der Waals surface area contributed by atoms with Gasteiger partial charge in [0.2, 0.25) is 0 Å². The van der Waals surface area contributed by atoms with Crippen LogP contribution in [0.5, 0.6) is 0 Å². The molecule has 1 aromatic rings. The number of aryl methyl sites for hydroxylation is 3. The maximum atomic E-state index is 12.5. The van der Waals surface area contributed by atoms with Crippen molar-refractivity contribution in [3.63, 3.8) is 0 Å². The Bertz CT molecular complexity index is 682. The van der Waals surface area contributed by atoms with Gasteiger partial charge in [0.25, 0.3) is 0 Å². The molecule has 0 aliphatic rings. The standard InChI is InChI=1S/C18H29NO5S/c1-13-9-14(2)17(15(3)10-13)25(21,22)12-19-7-8-23-11-16(20)24-18(4,5)6/h9-10,19H,7-8,11-12H2,1-6H3. The molecule has 0 unspecified atom stereocenters. The van der Waals surface area contributed by atoms with E-state index in [2.05, 4.69) is 5.32 Å². The molecule has 0 atom stereocenters. The number of rotatable bonds is 8. The fourth-order valence-corrected chi connectivity index (χ4v) is 4.26. The summed E-state index contributed by atoms with van der Waals surface area (Å²) in [5.41, 5.74) is 2.00. The van der Waals surface area contributed by atoms with Gasteiger partial charge in [-0.25, -0.2) is 13.2 Å². The molecule has 0 spiro atoms. The fourth-order valence-electron chi connectivity index (χ4n) is 2.61. The summed E-state index contributed by atoms with van der Waals surface area (Å²) in [5, 5.41) is 2.85. The molecule has 0 radical (unpaired) electrons. The van der Waals surface area contributed by atoms with Gasteiger partial charge in [-0.05, 0) is 52.7 Å². The average molecular weight is 371 g/mol. The van der Waals surface area contributed by atoms with Crippen molar-refractivity contribution in [3.8, 4) is 0 Å². The first-order chi connectivity index (χ1) is 11.4. The highest BCUT2D eigenvalue weighted by Crippen LogP contribution is 2.22. The number of hydrogen-bond acceptors (Lipinski definition) is 6. The summed E-state index contributed by atoms with van der Waals surface area (Å²) in [7, 11) is -3.42. The zero-order chi connectivity index (χ0) is 19.3. The third-order valence-electron chi connectivity index (χ3n) is 3.27. The van der Waals surface area contributed by atoms with Crippen LogP contribution in [-0.4, -0.2) is 45.6 Å². The van der Waals surface area contributed by atoms with E-state index in [1.165, 1.54) is 0 Å². The van der Waals surface area contributed by atoms with Crippen molar-refractivity contribution < 1.29 is 22.7 Å². The molecule has 0 fully saturated rings. The van der Waals surface area contributed by atoms with E-state index in [1.807, 2.05) is 19.1 Å². The van der Waals surface area contributed by atoms with Crippen LogP contribution in [0.2, 0.25) is 0 Å². The Morgan fingerprint density at radius 1 is 1.12 bits per heavy atom. The van der Waals surface area contributed by atoms with Gasteiger partial charge < -0.3 is 14.8 Å². The van der Waals surface area contributed by atoms with E-state index in [-0.39, 0.29) is 19.1 Å². The molecule has 0 aliphatic carbocycles. The molecule has 7 heteroatoms. The summed E-state index contributed by atoms with van der Waals surface area (Å²) in [6.45, 7) is 11.3. The first-order valence-electron chi connectivity index (χ1n) is 8.23. The Balaban J connectivity index is 2.43. The van der Waals surface area contributed by atoms with Gasteiger partial charge in [0, 0.05) is 6.54 Å². The molecular weight excluding hydrogens is 342 g/mol. The number of hydrogen-bond donors (Lipinski definition) is 1. The Hall–Kier alpha value is -1.44. The van der Waals surface area contributed by atoms with Crippen molar-refractivity contribution in [3.05, 3.63) is 28.8 Å². The van der Waals surface area contributed by atoms with Gasteiger partial charge in [0.05, 0.1) is 11.5 Å². The Morgan fingerprint density at radius 2 is 1.68 bits per heavy atom. The third-order valence-corrected chi connectivity index (χ3v) is 5.12. The van der Waals surface area contributed by atoms with Gasteiger partial charge in [-0.15, -0.1) is 0 Å². The molecule has 1 aromatic carbocycles. The minimum Gasteiger partial charge on any atom is -0.458 e. The lowest BCUT2D eigenvalue weighted by atomic mass is 10.1. The van der Waals surface area contributed by atoms with Gasteiger partial charge in [-0.2, -0.15) is 0 Å². The minimum absolute atomic E-state index is 0.151. The van der Waals surface area contributed by atoms with E-state index in [0.29, 0.717) is 11.4 Å². The van der Waals surface area contributed by atoms with Gasteiger partial charge >= 0.3 is 5.97 Å². The highest BCUT2D eigenvalue weighted by Gasteiger charge is 2.19. The Kier molecular flexibility index (Phi) is 7.59. The van der Waals surface area contributed by atoms with Gasteiger partial charge in [0.15, 0.2) is 9.84 Å². The normalized spacial score (nSPS) is 12.2. The van der Waals surface area contributed by atoms with E-state index in [9.17, 15) is 13.2 Å². The first-order valence-corrected chi connectivity index (χ1v) is 9.88. The van der Waals surface area contributed by atoms with Crippen molar-refractivity contribution in [2.24, 2.45) is 0 Å². The highest BCUT2D eigenvalue weighted by atomic mass is 32.2. The molecule has 0 amide bonds. The summed E-state index contributed by atoms with van der Waals surface area (Å²) in [4.78, 5) is 11.8. The molecule has 0 aliphatic heterocycles. The smallest absolute Gasteiger partial charge is 0.332 e. The lowest BCUT2D eigenvalue weighted by Crippen LogP contribution is -2.30. The third kappa shape index (κ3) is 7.54. The first kappa shape index (κ1) is 21.6. The van der Waals surface area contributed by atoms with Crippen LogP contribution < -0.4 is 5.32 Å². The molecule has 0 aromatic heterocycles. The molecule has 0 bridgehead atoms. The van der Waals surface area contributed by atoms with Crippen LogP contribution in [-0.2, 0) is 24.1 Å². The van der Waals surface area contributed by atoms with E-state index in [4.69, 9.17) is 9.47 Å². The summed E-state index contributed by atoms with van der Waals surface area (Å²) < 4.78 is 35.3. The Morgan fingerprint density at radius 3 is 2.20 bits per heavy atom. The van der Waals surface area contributed by atoms with Gasteiger partial charge in [-0.3, -0.25) is 0 Å². The summed E-state index contributed by atoms with van der Waals surface area (Å²) in [6.07, 6.45) is 0. The SMILES string of the molecule is Cc1cc(C)c(S(=O)(=O)CNCCOCC(=O)OC(C)(C)C)c(C)c1. The van der Waals surface area contributed by atoms with E-state index < -0.39 is 21.4 Å². The maximum absolute atomic E-state index is 12.5. The second kappa shape index (κ2) is 8.78. The lowest BCUT2D eigenvalue weighted by molar-refractivity contribution is -0.160. The lowest BCUT2D eigenvalue weighted by Gasteiger charge is -2.19. The molecule has 142 valence electrons. The second-order valence-electron chi connectivity index (χ2n) is 7.13. The summed E-state index contributed by atoms with van der Waals surface area (Å²) >= 11 is 0. The molecule has 0 saturated heterocycles. The zero-order valence-electron chi connectivity index (χ0n) is 15.9. The number of carbonyl (C=O) groups is 1. The van der Waals surface area contributed by atoms with Crippen LogP contribution in [0, 0.1) is 20.8 Å². The number of ether oxygens (including phenoxy) is 2. The van der Waals surface area contributed by atoms with Crippen LogP contribution in [0.4, 0.5) is 0 Å². The van der Waals surface area contributed by atoms with Crippen molar-refractivity contribution in [1.29, 1.82) is 0 Å². The largest absolute Gasteiger partial charge is 0.458 e. The van der Waals surface area contributed by atoms with Gasteiger partial charge in [-0.1, -0.05) is 17.7 Å². The number of benzene rings is 1. The molecule has 0 saturated carbocycles. The van der Waals surface area contributed by atoms with Crippen molar-refractivity contribution in [2.45, 2.75) is 52.0 Å². The van der Waals surface area contributed by atoms with Gasteiger partial charge in [0.1, 0.15) is 18.1 Å². The van der Waals surface area contributed by atoms with Crippen LogP contribution in [0.1, 0.15) is 37.5 Å². The molecule has 6 nitrogen and oxygen atoms in total. The number of sulfone groups is 1. The average Bonchev–Trinajstić information content (AvgIpc) is 2.38. The number of esters is 1. The molecule has 1 rings (SSSR count). The van der Waals surface area contributed by atoms with Crippen molar-refractivity contribution in [1.82, 2.24) is 5.32 Å². The quantitative estimate of drug-likeness (QED) is 0.558. The minimum atomic E-state index is -3.42. The monoisotopic (exact) mass is 371 g/mol. The zero-order valence-corrected chi connectivity index (χ0v) is 16.7. The van der Waals surface area contributed by atoms with Crippen LogP contribution >= 0.6 is 0 Å². The topological polar surface area (TPSA) is 81.7 Å². The molecule has 1 N–H and O–H groups in total. The molecular formula is C18H29NO5S. The molecule has 0 heterocycles. The van der Waals surface area contributed by atoms with Crippen molar-refractivity contribution in [2.75, 3.05) is 25.6 Å². The van der Waals surface area contributed by atoms with E-state index in [0.717, 1.165) is 16.7 Å². The summed E-state index contributed by atoms with van der Waals surface area (Å²) in [6, 6.07) is 3.73. The van der Waals surface area contributed by atoms with Crippen LogP contribution in [0.3, 0.4) is 0 Å². The number of nitrogens with one attached hydrogen (secondary N) is 1. The molecule has 25 heavy (non-hydrogen) atoms. The highest BCUT2D eigenvalue weighted by molar-refractivity contribution is 7.91. The van der Waals surface area contributed by atoms with Crippen molar-refractivity contribution >= 4 is 15.8 Å². The second-order valence-corrected chi connectivity index (χ2v) is 9.05.